The maximum atomic E-state index is 11.6. The van der Waals surface area contributed by atoms with Crippen LogP contribution < -0.4 is 10.1 Å². The van der Waals surface area contributed by atoms with E-state index in [1.807, 2.05) is 6.07 Å². The summed E-state index contributed by atoms with van der Waals surface area (Å²) < 4.78 is 13.1. The third-order valence-corrected chi connectivity index (χ3v) is 6.01. The molecule has 6 nitrogen and oxygen atoms in total. The minimum Gasteiger partial charge on any atom is -0.494 e. The molecule has 3 aromatic rings. The molecule has 0 radical (unpaired) electrons. The number of aryl methyl sites for hydroxylation is 2. The Hall–Kier alpha value is -2.86. The van der Waals surface area contributed by atoms with Crippen molar-refractivity contribution in [2.75, 3.05) is 26.9 Å². The minimum atomic E-state index is -0.0829. The summed E-state index contributed by atoms with van der Waals surface area (Å²) in [6.07, 6.45) is 4.80. The predicted molar refractivity (Wildman–Crippen MR) is 133 cm³/mol. The number of nitrogens with one attached hydrogen (secondary N) is 1. The van der Waals surface area contributed by atoms with Gasteiger partial charge >= 0.3 is 0 Å². The van der Waals surface area contributed by atoms with Gasteiger partial charge in [-0.05, 0) is 61.4 Å². The van der Waals surface area contributed by atoms with Gasteiger partial charge in [-0.25, -0.2) is 4.98 Å². The Morgan fingerprint density at radius 2 is 1.88 bits per heavy atom. The highest BCUT2D eigenvalue weighted by atomic mass is 16.5. The molecule has 0 fully saturated rings. The number of ether oxygens (including phenoxy) is 2. The zero-order chi connectivity index (χ0) is 23.5. The van der Waals surface area contributed by atoms with Gasteiger partial charge in [-0.15, -0.1) is 0 Å². The lowest BCUT2D eigenvalue weighted by atomic mass is 9.99. The largest absolute Gasteiger partial charge is 0.494 e. The first kappa shape index (κ1) is 24.8. The highest BCUT2D eigenvalue weighted by Gasteiger charge is 2.10. The van der Waals surface area contributed by atoms with Crippen molar-refractivity contribution in [3.05, 3.63) is 59.9 Å². The molecule has 0 aliphatic rings. The molecule has 0 bridgehead atoms. The van der Waals surface area contributed by atoms with E-state index in [-0.39, 0.29) is 12.5 Å². The summed E-state index contributed by atoms with van der Waals surface area (Å²) in [6, 6.07) is 16.8. The Bertz CT molecular complexity index is 998. The van der Waals surface area contributed by atoms with Gasteiger partial charge in [0.2, 0.25) is 5.91 Å². The molecule has 0 saturated heterocycles. The maximum absolute atomic E-state index is 11.6. The van der Waals surface area contributed by atoms with Crippen LogP contribution >= 0.6 is 0 Å². The van der Waals surface area contributed by atoms with Crippen molar-refractivity contribution in [2.24, 2.45) is 0 Å². The van der Waals surface area contributed by atoms with Gasteiger partial charge in [-0.3, -0.25) is 4.79 Å². The number of nitrogens with zero attached hydrogens (tertiary/aromatic N) is 2. The zero-order valence-electron chi connectivity index (χ0n) is 20.2. The molecule has 0 saturated carbocycles. The van der Waals surface area contributed by atoms with Crippen molar-refractivity contribution in [1.29, 1.82) is 0 Å². The van der Waals surface area contributed by atoms with Gasteiger partial charge in [-0.2, -0.15) is 0 Å². The average Bonchev–Trinajstić information content (AvgIpc) is 3.19. The molecule has 33 heavy (non-hydrogen) atoms. The first-order chi connectivity index (χ1) is 16.1. The van der Waals surface area contributed by atoms with E-state index in [2.05, 4.69) is 66.2 Å². The number of fused-ring (bicyclic) bond motifs is 1. The van der Waals surface area contributed by atoms with Crippen molar-refractivity contribution in [1.82, 2.24) is 14.9 Å². The fourth-order valence-corrected chi connectivity index (χ4v) is 3.91. The number of amides is 1. The summed E-state index contributed by atoms with van der Waals surface area (Å²) in [5.74, 6) is 2.51. The van der Waals surface area contributed by atoms with Crippen molar-refractivity contribution in [2.45, 2.75) is 58.4 Å². The van der Waals surface area contributed by atoms with Crippen LogP contribution in [0.4, 0.5) is 0 Å². The van der Waals surface area contributed by atoms with Crippen LogP contribution in [-0.2, 0) is 22.5 Å². The second-order valence-electron chi connectivity index (χ2n) is 8.49. The average molecular weight is 452 g/mol. The van der Waals surface area contributed by atoms with E-state index >= 15 is 0 Å². The quantitative estimate of drug-likeness (QED) is 0.346. The molecular weight excluding hydrogens is 414 g/mol. The lowest BCUT2D eigenvalue weighted by Crippen LogP contribution is -2.28. The molecule has 178 valence electrons. The van der Waals surface area contributed by atoms with E-state index in [1.165, 1.54) is 12.7 Å². The van der Waals surface area contributed by atoms with Crippen LogP contribution in [0, 0.1) is 0 Å². The van der Waals surface area contributed by atoms with Gasteiger partial charge in [0.05, 0.1) is 17.6 Å². The second-order valence-corrected chi connectivity index (χ2v) is 8.49. The van der Waals surface area contributed by atoms with Gasteiger partial charge in [0.1, 0.15) is 18.2 Å². The van der Waals surface area contributed by atoms with Crippen LogP contribution in [0.5, 0.6) is 5.75 Å². The van der Waals surface area contributed by atoms with Gasteiger partial charge < -0.3 is 19.4 Å². The molecule has 1 unspecified atom stereocenters. The van der Waals surface area contributed by atoms with Gasteiger partial charge in [0, 0.05) is 26.6 Å². The molecule has 2 aromatic carbocycles. The highest BCUT2D eigenvalue weighted by molar-refractivity contribution is 5.77. The van der Waals surface area contributed by atoms with Gasteiger partial charge in [-0.1, -0.05) is 38.1 Å². The fraction of sp³-hybridized carbons (Fsp3) is 0.481. The number of hydrogen-bond acceptors (Lipinski definition) is 4. The Kier molecular flexibility index (Phi) is 9.76. The number of carbonyl (C=O) groups excluding carboxylic acids is 1. The molecular formula is C27H37N3O3. The van der Waals surface area contributed by atoms with Crippen molar-refractivity contribution in [3.8, 4) is 5.75 Å². The third-order valence-electron chi connectivity index (χ3n) is 6.01. The molecule has 6 heteroatoms. The molecule has 1 aromatic heterocycles. The number of rotatable bonds is 14. The zero-order valence-corrected chi connectivity index (χ0v) is 20.2. The molecule has 0 aliphatic carbocycles. The summed E-state index contributed by atoms with van der Waals surface area (Å²) in [6.45, 7) is 6.79. The summed E-state index contributed by atoms with van der Waals surface area (Å²) in [7, 11) is 1.52. The topological polar surface area (TPSA) is 65.4 Å². The number of unbranched alkanes of at least 4 members (excludes halogenated alkanes) is 1. The lowest BCUT2D eigenvalue weighted by molar-refractivity contribution is -0.124. The molecule has 0 spiro atoms. The Balaban J connectivity index is 1.48. The first-order valence-corrected chi connectivity index (χ1v) is 12.0. The van der Waals surface area contributed by atoms with Gasteiger partial charge in [0.25, 0.3) is 0 Å². The van der Waals surface area contributed by atoms with Crippen molar-refractivity contribution in [3.63, 3.8) is 0 Å². The highest BCUT2D eigenvalue weighted by Crippen LogP contribution is 2.22. The molecule has 1 N–H and O–H groups in total. The van der Waals surface area contributed by atoms with E-state index in [4.69, 9.17) is 14.5 Å². The van der Waals surface area contributed by atoms with Crippen LogP contribution in [0.1, 0.15) is 56.8 Å². The molecule has 1 atom stereocenters. The van der Waals surface area contributed by atoms with Crippen molar-refractivity contribution < 1.29 is 14.3 Å². The molecule has 0 aliphatic heterocycles. The Morgan fingerprint density at radius 3 is 2.64 bits per heavy atom. The first-order valence-electron chi connectivity index (χ1n) is 12.0. The molecule has 1 heterocycles. The second kappa shape index (κ2) is 13.0. The molecule has 3 rings (SSSR count). The van der Waals surface area contributed by atoms with Crippen molar-refractivity contribution >= 4 is 16.9 Å². The lowest BCUT2D eigenvalue weighted by Gasteiger charge is -2.12. The number of imidazole rings is 1. The number of para-hydroxylation sites is 2. The summed E-state index contributed by atoms with van der Waals surface area (Å²) in [5.41, 5.74) is 3.55. The van der Waals surface area contributed by atoms with Crippen LogP contribution in [-0.4, -0.2) is 42.3 Å². The van der Waals surface area contributed by atoms with E-state index in [0.717, 1.165) is 61.3 Å². The van der Waals surface area contributed by atoms with Crippen LogP contribution in [0.25, 0.3) is 11.0 Å². The normalized spacial score (nSPS) is 12.1. The van der Waals surface area contributed by atoms with E-state index in [9.17, 15) is 4.79 Å². The maximum Gasteiger partial charge on any atom is 0.245 e. The van der Waals surface area contributed by atoms with E-state index < -0.39 is 0 Å². The summed E-state index contributed by atoms with van der Waals surface area (Å²) in [4.78, 5) is 16.4. The minimum absolute atomic E-state index is 0.0829. The van der Waals surface area contributed by atoms with Crippen LogP contribution in [0.15, 0.2) is 48.5 Å². The predicted octanol–water partition coefficient (Wildman–Crippen LogP) is 5.10. The third kappa shape index (κ3) is 7.32. The van der Waals surface area contributed by atoms with Crippen LogP contribution in [0.3, 0.4) is 0 Å². The summed E-state index contributed by atoms with van der Waals surface area (Å²) in [5, 5.41) is 2.88. The monoisotopic (exact) mass is 451 g/mol. The van der Waals surface area contributed by atoms with Crippen LogP contribution in [0.2, 0.25) is 0 Å². The Labute approximate surface area is 197 Å². The number of methoxy groups -OCH3 is 1. The van der Waals surface area contributed by atoms with E-state index in [0.29, 0.717) is 19.1 Å². The number of benzene rings is 2. The fourth-order valence-electron chi connectivity index (χ4n) is 3.91. The Morgan fingerprint density at radius 1 is 1.09 bits per heavy atom. The SMILES string of the molecule is CCC(C)c1ccc(OCCCCn2c(CCCNC(=O)COC)nc3ccccc32)cc1. The van der Waals surface area contributed by atoms with E-state index in [1.54, 1.807) is 0 Å². The van der Waals surface area contributed by atoms with Gasteiger partial charge in [0.15, 0.2) is 0 Å². The number of carbonyl (C=O) groups is 1. The summed E-state index contributed by atoms with van der Waals surface area (Å²) >= 11 is 0. The smallest absolute Gasteiger partial charge is 0.245 e. The standard InChI is InChI=1S/C27H37N3O3/c1-4-21(2)22-13-15-23(16-14-22)33-19-8-7-18-30-25-11-6-5-10-24(25)29-26(30)12-9-17-28-27(31)20-32-3/h5-6,10-11,13-16,21H,4,7-9,12,17-20H2,1-3H3,(H,28,31). The number of aromatic nitrogens is 2. The number of hydrogen-bond donors (Lipinski definition) is 1. The molecule has 1 amide bonds.